The predicted octanol–water partition coefficient (Wildman–Crippen LogP) is 4.63. The molecule has 0 bridgehead atoms. The minimum absolute atomic E-state index is 0.0118. The molecule has 9 heteroatoms. The number of alkyl halides is 3. The Balaban J connectivity index is 1.86. The van der Waals surface area contributed by atoms with E-state index in [0.717, 1.165) is 6.07 Å². The van der Waals surface area contributed by atoms with Crippen LogP contribution in [0, 0.1) is 0 Å². The van der Waals surface area contributed by atoms with Gasteiger partial charge in [0, 0.05) is 33.9 Å². The van der Waals surface area contributed by atoms with Crippen LogP contribution in [0.15, 0.2) is 30.5 Å². The predicted molar refractivity (Wildman–Crippen MR) is 94.5 cm³/mol. The van der Waals surface area contributed by atoms with Gasteiger partial charge in [0.2, 0.25) is 5.67 Å². The van der Waals surface area contributed by atoms with Crippen LogP contribution in [0.1, 0.15) is 47.8 Å². The number of carbonyl (C=O) groups is 1. The fourth-order valence-corrected chi connectivity index (χ4v) is 3.75. The molecule has 1 aromatic carbocycles. The highest BCUT2D eigenvalue weighted by molar-refractivity contribution is 6.35. The zero-order valence-electron chi connectivity index (χ0n) is 13.9. The van der Waals surface area contributed by atoms with Crippen molar-refractivity contribution in [2.75, 3.05) is 0 Å². The SMILES string of the molecule is O=C(NCc1c(Cl)cc(Cl)cc1C(F)F)[C@]1(F)CC[C@@H](O)c2ncccc21. The van der Waals surface area contributed by atoms with Crippen molar-refractivity contribution in [1.82, 2.24) is 10.3 Å². The highest BCUT2D eigenvalue weighted by Crippen LogP contribution is 2.42. The van der Waals surface area contributed by atoms with Gasteiger partial charge in [0.05, 0.1) is 11.8 Å². The number of carbonyl (C=O) groups excluding carboxylic acids is 1. The molecular weight excluding hydrogens is 404 g/mol. The van der Waals surface area contributed by atoms with E-state index in [1.54, 1.807) is 0 Å². The smallest absolute Gasteiger partial charge is 0.264 e. The molecule has 27 heavy (non-hydrogen) atoms. The zero-order chi connectivity index (χ0) is 19.8. The van der Waals surface area contributed by atoms with Crippen LogP contribution in [0.5, 0.6) is 0 Å². The van der Waals surface area contributed by atoms with Crippen molar-refractivity contribution in [2.45, 2.75) is 37.6 Å². The van der Waals surface area contributed by atoms with E-state index in [2.05, 4.69) is 10.3 Å². The summed E-state index contributed by atoms with van der Waals surface area (Å²) < 4.78 is 42.0. The van der Waals surface area contributed by atoms with Gasteiger partial charge < -0.3 is 10.4 Å². The van der Waals surface area contributed by atoms with Gasteiger partial charge >= 0.3 is 0 Å². The average molecular weight is 419 g/mol. The minimum atomic E-state index is -2.86. The third-order valence-corrected chi connectivity index (χ3v) is 5.11. The molecule has 2 aromatic rings. The van der Waals surface area contributed by atoms with Crippen molar-refractivity contribution in [3.8, 4) is 0 Å². The van der Waals surface area contributed by atoms with Crippen molar-refractivity contribution >= 4 is 29.1 Å². The van der Waals surface area contributed by atoms with Gasteiger partial charge in [-0.15, -0.1) is 0 Å². The number of aliphatic hydroxyl groups is 1. The third kappa shape index (κ3) is 3.77. The second-order valence-electron chi connectivity index (χ2n) is 6.23. The van der Waals surface area contributed by atoms with E-state index < -0.39 is 36.2 Å². The first-order chi connectivity index (χ1) is 12.7. The lowest BCUT2D eigenvalue weighted by Gasteiger charge is -2.32. The number of amides is 1. The van der Waals surface area contributed by atoms with E-state index in [1.165, 1.54) is 24.4 Å². The molecule has 3 rings (SSSR count). The van der Waals surface area contributed by atoms with Crippen molar-refractivity contribution in [3.05, 3.63) is 62.9 Å². The van der Waals surface area contributed by atoms with Crippen LogP contribution >= 0.6 is 23.2 Å². The molecule has 1 amide bonds. The second kappa shape index (κ2) is 7.66. The van der Waals surface area contributed by atoms with Crippen LogP contribution in [0.3, 0.4) is 0 Å². The van der Waals surface area contributed by atoms with Crippen LogP contribution in [0.4, 0.5) is 13.2 Å². The second-order valence-corrected chi connectivity index (χ2v) is 7.07. The first-order valence-corrected chi connectivity index (χ1v) is 8.86. The highest BCUT2D eigenvalue weighted by atomic mass is 35.5. The molecule has 0 unspecified atom stereocenters. The summed E-state index contributed by atoms with van der Waals surface area (Å²) in [6, 6.07) is 5.17. The Bertz CT molecular complexity index is 882. The van der Waals surface area contributed by atoms with E-state index >= 15 is 4.39 Å². The topological polar surface area (TPSA) is 62.2 Å². The number of rotatable bonds is 4. The third-order valence-electron chi connectivity index (χ3n) is 4.56. The molecule has 0 saturated heterocycles. The van der Waals surface area contributed by atoms with Gasteiger partial charge in [0.1, 0.15) is 0 Å². The van der Waals surface area contributed by atoms with Crippen molar-refractivity contribution in [1.29, 1.82) is 0 Å². The minimum Gasteiger partial charge on any atom is -0.387 e. The standard InChI is InChI=1S/C18H15Cl2F3N2O2/c19-9-6-10(16(21)22)11(13(20)7-9)8-25-17(27)18(23)4-3-14(26)15-12(18)2-1-5-24-15/h1-2,5-7,14,16,26H,3-4,8H2,(H,25,27)/t14-,18+/m1/s1. The molecule has 2 N–H and O–H groups in total. The summed E-state index contributed by atoms with van der Waals surface area (Å²) in [5.41, 5.74) is -2.82. The molecule has 0 radical (unpaired) electrons. The Hall–Kier alpha value is -1.83. The fraction of sp³-hybridized carbons (Fsp3) is 0.333. The number of halogens is 5. The van der Waals surface area contributed by atoms with E-state index in [9.17, 15) is 18.7 Å². The molecular formula is C18H15Cl2F3N2O2. The van der Waals surface area contributed by atoms with Gasteiger partial charge in [-0.3, -0.25) is 9.78 Å². The number of fused-ring (bicyclic) bond motifs is 1. The lowest BCUT2D eigenvalue weighted by molar-refractivity contribution is -0.135. The summed E-state index contributed by atoms with van der Waals surface area (Å²) in [4.78, 5) is 16.5. The maximum absolute atomic E-state index is 15.5. The molecule has 1 aliphatic carbocycles. The van der Waals surface area contributed by atoms with E-state index in [4.69, 9.17) is 23.2 Å². The summed E-state index contributed by atoms with van der Waals surface area (Å²) in [5.74, 6) is -1.00. The first kappa shape index (κ1) is 19.9. The molecule has 0 aliphatic heterocycles. The van der Waals surface area contributed by atoms with Crippen LogP contribution in [-0.4, -0.2) is 16.0 Å². The highest BCUT2D eigenvalue weighted by Gasteiger charge is 2.46. The summed E-state index contributed by atoms with van der Waals surface area (Å²) in [6.45, 7) is -0.391. The van der Waals surface area contributed by atoms with E-state index in [0.29, 0.717) is 0 Å². The Morgan fingerprint density at radius 3 is 2.85 bits per heavy atom. The van der Waals surface area contributed by atoms with Gasteiger partial charge in [0.15, 0.2) is 0 Å². The molecule has 1 heterocycles. The quantitative estimate of drug-likeness (QED) is 0.760. The molecule has 2 atom stereocenters. The molecule has 0 spiro atoms. The molecule has 1 aliphatic rings. The van der Waals surface area contributed by atoms with Crippen LogP contribution in [0.2, 0.25) is 10.0 Å². The monoisotopic (exact) mass is 418 g/mol. The molecule has 144 valence electrons. The van der Waals surface area contributed by atoms with Gasteiger partial charge in [-0.05, 0) is 36.6 Å². The Morgan fingerprint density at radius 2 is 2.15 bits per heavy atom. The molecule has 0 saturated carbocycles. The number of nitrogens with zero attached hydrogens (tertiary/aromatic N) is 1. The number of pyridine rings is 1. The Labute approximate surface area is 163 Å². The van der Waals surface area contributed by atoms with E-state index in [1.807, 2.05) is 0 Å². The number of nitrogens with one attached hydrogen (secondary N) is 1. The van der Waals surface area contributed by atoms with Crippen LogP contribution < -0.4 is 5.32 Å². The maximum Gasteiger partial charge on any atom is 0.264 e. The van der Waals surface area contributed by atoms with Gasteiger partial charge in [-0.2, -0.15) is 0 Å². The largest absolute Gasteiger partial charge is 0.387 e. The Kier molecular flexibility index (Phi) is 5.65. The normalized spacial score (nSPS) is 21.8. The summed E-state index contributed by atoms with van der Waals surface area (Å²) >= 11 is 11.7. The summed E-state index contributed by atoms with van der Waals surface area (Å²) in [7, 11) is 0. The number of hydrogen-bond donors (Lipinski definition) is 2. The van der Waals surface area contributed by atoms with Gasteiger partial charge in [0.25, 0.3) is 12.3 Å². The number of aromatic nitrogens is 1. The van der Waals surface area contributed by atoms with Crippen molar-refractivity contribution in [3.63, 3.8) is 0 Å². The van der Waals surface area contributed by atoms with Gasteiger partial charge in [-0.1, -0.05) is 29.3 Å². The first-order valence-electron chi connectivity index (χ1n) is 8.10. The lowest BCUT2D eigenvalue weighted by atomic mass is 9.81. The van der Waals surface area contributed by atoms with Crippen molar-refractivity contribution in [2.24, 2.45) is 0 Å². The molecule has 0 fully saturated rings. The summed E-state index contributed by atoms with van der Waals surface area (Å²) in [6.07, 6.45) is -2.67. The van der Waals surface area contributed by atoms with E-state index in [-0.39, 0.29) is 39.7 Å². The summed E-state index contributed by atoms with van der Waals surface area (Å²) in [5, 5.41) is 12.3. The number of benzene rings is 1. The van der Waals surface area contributed by atoms with Crippen LogP contribution in [0.25, 0.3) is 0 Å². The zero-order valence-corrected chi connectivity index (χ0v) is 15.4. The fourth-order valence-electron chi connectivity index (χ4n) is 3.17. The van der Waals surface area contributed by atoms with Crippen molar-refractivity contribution < 1.29 is 23.1 Å². The maximum atomic E-state index is 15.5. The number of hydrogen-bond acceptors (Lipinski definition) is 3. The lowest BCUT2D eigenvalue weighted by Crippen LogP contribution is -2.44. The average Bonchev–Trinajstić information content (AvgIpc) is 2.63. The van der Waals surface area contributed by atoms with Gasteiger partial charge in [-0.25, -0.2) is 13.2 Å². The Morgan fingerprint density at radius 1 is 1.41 bits per heavy atom. The van der Waals surface area contributed by atoms with Crippen LogP contribution in [-0.2, 0) is 17.0 Å². The molecule has 4 nitrogen and oxygen atoms in total. The number of aliphatic hydroxyl groups excluding tert-OH is 1. The molecule has 1 aromatic heterocycles.